The third kappa shape index (κ3) is 7.43. The summed E-state index contributed by atoms with van der Waals surface area (Å²) < 4.78 is 37.9. The second kappa shape index (κ2) is 12.7. The maximum Gasteiger partial charge on any atom is 0.492 e. The van der Waals surface area contributed by atoms with Crippen molar-refractivity contribution in [3.8, 4) is 17.2 Å². The number of aromatic nitrogens is 1. The number of amides is 2. The molecule has 1 fully saturated rings. The van der Waals surface area contributed by atoms with Crippen LogP contribution in [-0.4, -0.2) is 52.6 Å². The van der Waals surface area contributed by atoms with Crippen LogP contribution in [0, 0.1) is 11.3 Å². The number of nitrogens with one attached hydrogen (secondary N) is 2. The Morgan fingerprint density at radius 1 is 1.15 bits per heavy atom. The van der Waals surface area contributed by atoms with E-state index in [4.69, 9.17) is 0 Å². The number of hydrogen-bond donors (Lipinski definition) is 2. The highest BCUT2D eigenvalue weighted by molar-refractivity contribution is 7.13. The molecular weight excluding hydrogens is 547 g/mol. The Morgan fingerprint density at radius 2 is 1.93 bits per heavy atom. The zero-order valence-corrected chi connectivity index (χ0v) is 21.8. The van der Waals surface area contributed by atoms with Gasteiger partial charge in [0.25, 0.3) is 5.91 Å². The molecule has 1 aliphatic rings. The molecule has 0 radical (unpaired) electrons. The van der Waals surface area contributed by atoms with Crippen molar-refractivity contribution in [2.75, 3.05) is 11.9 Å². The van der Waals surface area contributed by atoms with Crippen LogP contribution >= 0.6 is 11.3 Å². The standard InChI is InChI=1S/C27H24F3N5O4S/c28-27(29,30)25(38)39-35-12-2-1-6-22(35)24(37)33-21(16-31)14-17-7-9-18(10-8-17)19-4-3-5-20(15-19)23(36)34-26-32-11-13-40-26/h3-5,7-11,13,15,21-22H,1-2,6,12,14H2,(H,33,37)(H,32,34,36)/t21-,22-/m0/s1. The zero-order valence-electron chi connectivity index (χ0n) is 21.0. The number of piperidine rings is 1. The normalized spacial score (nSPS) is 16.4. The van der Waals surface area contributed by atoms with Crippen molar-refractivity contribution in [1.82, 2.24) is 15.4 Å². The van der Waals surface area contributed by atoms with E-state index in [0.29, 0.717) is 23.5 Å². The topological polar surface area (TPSA) is 124 Å². The van der Waals surface area contributed by atoms with Crippen LogP contribution in [0.5, 0.6) is 0 Å². The van der Waals surface area contributed by atoms with E-state index in [1.54, 1.807) is 41.9 Å². The lowest BCUT2D eigenvalue weighted by molar-refractivity contribution is -0.248. The molecule has 2 aromatic carbocycles. The molecule has 4 rings (SSSR count). The number of carbonyl (C=O) groups is 3. The first kappa shape index (κ1) is 28.7. The molecule has 1 saturated heterocycles. The maximum absolute atomic E-state index is 12.8. The molecule has 0 saturated carbocycles. The molecule has 13 heteroatoms. The van der Waals surface area contributed by atoms with Gasteiger partial charge < -0.3 is 10.2 Å². The molecule has 208 valence electrons. The number of benzene rings is 2. The summed E-state index contributed by atoms with van der Waals surface area (Å²) in [4.78, 5) is 45.1. The molecule has 2 atom stereocenters. The van der Waals surface area contributed by atoms with E-state index >= 15 is 0 Å². The molecule has 0 bridgehead atoms. The monoisotopic (exact) mass is 571 g/mol. The van der Waals surface area contributed by atoms with Crippen molar-refractivity contribution in [1.29, 1.82) is 5.26 Å². The van der Waals surface area contributed by atoms with Crippen molar-refractivity contribution in [2.24, 2.45) is 0 Å². The molecule has 2 heterocycles. The van der Waals surface area contributed by atoms with Gasteiger partial charge in [-0.25, -0.2) is 9.78 Å². The molecule has 2 N–H and O–H groups in total. The molecule has 9 nitrogen and oxygen atoms in total. The van der Waals surface area contributed by atoms with E-state index in [9.17, 15) is 32.8 Å². The molecule has 0 aliphatic carbocycles. The van der Waals surface area contributed by atoms with Crippen LogP contribution in [0.1, 0.15) is 35.2 Å². The molecular formula is C27H24F3N5O4S. The molecule has 3 aromatic rings. The number of hydrogen-bond acceptors (Lipinski definition) is 8. The smallest absolute Gasteiger partial charge is 0.360 e. The van der Waals surface area contributed by atoms with E-state index in [2.05, 4.69) is 20.5 Å². The Bertz CT molecular complexity index is 1390. The Balaban J connectivity index is 1.37. The second-order valence-corrected chi connectivity index (χ2v) is 9.89. The lowest BCUT2D eigenvalue weighted by Crippen LogP contribution is -2.53. The van der Waals surface area contributed by atoms with Crippen LogP contribution in [0.15, 0.2) is 60.1 Å². The minimum Gasteiger partial charge on any atom is -0.360 e. The quantitative estimate of drug-likeness (QED) is 0.408. The summed E-state index contributed by atoms with van der Waals surface area (Å²) in [5, 5.41) is 17.9. The van der Waals surface area contributed by atoms with Crippen molar-refractivity contribution < 1.29 is 32.4 Å². The Hall–Kier alpha value is -4.28. The van der Waals surface area contributed by atoms with Gasteiger partial charge in [0.2, 0.25) is 5.91 Å². The van der Waals surface area contributed by atoms with Crippen molar-refractivity contribution in [3.05, 3.63) is 71.2 Å². The van der Waals surface area contributed by atoms with E-state index in [1.165, 1.54) is 11.3 Å². The third-order valence-corrected chi connectivity index (χ3v) is 6.85. The first-order valence-electron chi connectivity index (χ1n) is 12.3. The minimum atomic E-state index is -5.19. The van der Waals surface area contributed by atoms with Crippen molar-refractivity contribution in [2.45, 2.75) is 43.9 Å². The summed E-state index contributed by atoms with van der Waals surface area (Å²) in [7, 11) is 0. The number of thiazole rings is 1. The average molecular weight is 572 g/mol. The average Bonchev–Trinajstić information content (AvgIpc) is 3.46. The summed E-state index contributed by atoms with van der Waals surface area (Å²) >= 11 is 1.31. The highest BCUT2D eigenvalue weighted by atomic mass is 32.1. The van der Waals surface area contributed by atoms with Crippen LogP contribution in [0.4, 0.5) is 18.3 Å². The highest BCUT2D eigenvalue weighted by Gasteiger charge is 2.44. The molecule has 1 aromatic heterocycles. The third-order valence-electron chi connectivity index (χ3n) is 6.16. The van der Waals surface area contributed by atoms with Gasteiger partial charge in [0, 0.05) is 30.1 Å². The first-order valence-corrected chi connectivity index (χ1v) is 13.2. The summed E-state index contributed by atoms with van der Waals surface area (Å²) in [6, 6.07) is 14.2. The zero-order chi connectivity index (χ0) is 28.7. The summed E-state index contributed by atoms with van der Waals surface area (Å²) in [6.07, 6.45) is -2.23. The van der Waals surface area contributed by atoms with E-state index in [-0.39, 0.29) is 25.3 Å². The Labute approximate surface area is 231 Å². The van der Waals surface area contributed by atoms with Gasteiger partial charge >= 0.3 is 12.1 Å². The number of carbonyl (C=O) groups excluding carboxylic acids is 3. The predicted molar refractivity (Wildman–Crippen MR) is 140 cm³/mol. The number of nitriles is 1. The summed E-state index contributed by atoms with van der Waals surface area (Å²) in [5.41, 5.74) is 2.82. The number of nitrogens with zero attached hydrogens (tertiary/aromatic N) is 3. The van der Waals surface area contributed by atoms with Gasteiger partial charge in [-0.2, -0.15) is 18.4 Å². The number of rotatable bonds is 8. The second-order valence-electron chi connectivity index (χ2n) is 8.99. The van der Waals surface area contributed by atoms with E-state index in [1.807, 2.05) is 24.3 Å². The lowest BCUT2D eigenvalue weighted by Gasteiger charge is -2.33. The van der Waals surface area contributed by atoms with Gasteiger partial charge in [0.05, 0.1) is 6.07 Å². The van der Waals surface area contributed by atoms with Gasteiger partial charge in [0.1, 0.15) is 12.1 Å². The predicted octanol–water partition coefficient (Wildman–Crippen LogP) is 4.49. The lowest BCUT2D eigenvalue weighted by atomic mass is 9.99. The van der Waals surface area contributed by atoms with Gasteiger partial charge in [-0.1, -0.05) is 36.4 Å². The van der Waals surface area contributed by atoms with Crippen molar-refractivity contribution in [3.63, 3.8) is 0 Å². The minimum absolute atomic E-state index is 0.0215. The van der Waals surface area contributed by atoms with Gasteiger partial charge in [-0.15, -0.1) is 16.4 Å². The van der Waals surface area contributed by atoms with E-state index in [0.717, 1.165) is 21.8 Å². The molecule has 40 heavy (non-hydrogen) atoms. The fourth-order valence-corrected chi connectivity index (χ4v) is 4.72. The van der Waals surface area contributed by atoms with Crippen LogP contribution in [0.2, 0.25) is 0 Å². The molecule has 2 amide bonds. The Kier molecular flexibility index (Phi) is 9.13. The Morgan fingerprint density at radius 3 is 2.60 bits per heavy atom. The molecule has 1 aliphatic heterocycles. The molecule has 0 unspecified atom stereocenters. The summed E-state index contributed by atoms with van der Waals surface area (Å²) in [6.45, 7) is -0.0215. The van der Waals surface area contributed by atoms with Crippen LogP contribution < -0.4 is 10.6 Å². The maximum atomic E-state index is 12.8. The highest BCUT2D eigenvalue weighted by Crippen LogP contribution is 2.24. The molecule has 0 spiro atoms. The van der Waals surface area contributed by atoms with Crippen LogP contribution in [0.25, 0.3) is 11.1 Å². The SMILES string of the molecule is N#C[C@H](Cc1ccc(-c2cccc(C(=O)Nc3nccs3)c2)cc1)NC(=O)[C@@H]1CCCCN1OC(=O)C(F)(F)F. The number of hydroxylamine groups is 2. The number of anilines is 1. The van der Waals surface area contributed by atoms with Gasteiger partial charge in [-0.3, -0.25) is 14.9 Å². The van der Waals surface area contributed by atoms with E-state index < -0.39 is 30.1 Å². The van der Waals surface area contributed by atoms with Gasteiger partial charge in [-0.05, 0) is 48.1 Å². The largest absolute Gasteiger partial charge is 0.492 e. The van der Waals surface area contributed by atoms with Crippen LogP contribution in [0.3, 0.4) is 0 Å². The fraction of sp³-hybridized carbons (Fsp3) is 0.296. The number of halogens is 3. The fourth-order valence-electron chi connectivity index (χ4n) is 4.19. The van der Waals surface area contributed by atoms with Crippen LogP contribution in [-0.2, 0) is 20.8 Å². The number of alkyl halides is 3. The first-order chi connectivity index (χ1) is 19.1. The van der Waals surface area contributed by atoms with Gasteiger partial charge in [0.15, 0.2) is 5.13 Å². The summed E-state index contributed by atoms with van der Waals surface area (Å²) in [5.74, 6) is -3.37. The van der Waals surface area contributed by atoms with Crippen molar-refractivity contribution >= 4 is 34.3 Å².